The third kappa shape index (κ3) is 2.92. The quantitative estimate of drug-likeness (QED) is 0.771. The summed E-state index contributed by atoms with van der Waals surface area (Å²) in [5.74, 6) is -4.25. The highest BCUT2D eigenvalue weighted by Crippen LogP contribution is 2.38. The van der Waals surface area contributed by atoms with Gasteiger partial charge in [0.15, 0.2) is 11.6 Å². The molecule has 0 spiro atoms. The highest BCUT2D eigenvalue weighted by molar-refractivity contribution is 7.11. The van der Waals surface area contributed by atoms with E-state index in [4.69, 9.17) is 0 Å². The van der Waals surface area contributed by atoms with Crippen LogP contribution in [-0.2, 0) is 12.8 Å². The van der Waals surface area contributed by atoms with Crippen LogP contribution in [0.15, 0.2) is 12.1 Å². The number of halogens is 3. The fourth-order valence-corrected chi connectivity index (χ4v) is 4.22. The Hall–Kier alpha value is -1.89. The van der Waals surface area contributed by atoms with Crippen LogP contribution in [0.5, 0.6) is 0 Å². The Morgan fingerprint density at radius 3 is 2.71 bits per heavy atom. The second kappa shape index (κ2) is 6.55. The van der Waals surface area contributed by atoms with Crippen LogP contribution in [0.3, 0.4) is 0 Å². The number of hydrogen-bond acceptors (Lipinski definition) is 3. The van der Waals surface area contributed by atoms with Crippen molar-refractivity contribution in [3.05, 3.63) is 50.7 Å². The predicted molar refractivity (Wildman–Crippen MR) is 85.6 cm³/mol. The van der Waals surface area contributed by atoms with E-state index in [1.54, 1.807) is 18.4 Å². The second-order valence-electron chi connectivity index (χ2n) is 5.84. The van der Waals surface area contributed by atoms with Gasteiger partial charge >= 0.3 is 0 Å². The topological polar surface area (TPSA) is 33.2 Å². The number of amides is 1. The van der Waals surface area contributed by atoms with Crippen molar-refractivity contribution in [3.63, 3.8) is 0 Å². The first-order valence-electron chi connectivity index (χ1n) is 7.82. The van der Waals surface area contributed by atoms with Gasteiger partial charge in [0.25, 0.3) is 5.91 Å². The molecule has 0 bridgehead atoms. The molecule has 128 valence electrons. The summed E-state index contributed by atoms with van der Waals surface area (Å²) in [5, 5.41) is 1.01. The number of carbonyl (C=O) groups is 1. The number of aryl methyl sites for hydroxylation is 2. The summed E-state index contributed by atoms with van der Waals surface area (Å²) >= 11 is 1.56. The highest BCUT2D eigenvalue weighted by Gasteiger charge is 2.31. The molecule has 0 radical (unpaired) electrons. The van der Waals surface area contributed by atoms with Gasteiger partial charge in [-0.15, -0.1) is 11.3 Å². The Bertz CT molecular complexity index is 790. The third-order valence-electron chi connectivity index (χ3n) is 4.30. The molecule has 0 unspecified atom stereocenters. The first-order chi connectivity index (χ1) is 11.4. The van der Waals surface area contributed by atoms with E-state index in [0.29, 0.717) is 12.1 Å². The Balaban J connectivity index is 1.93. The van der Waals surface area contributed by atoms with Crippen molar-refractivity contribution < 1.29 is 18.0 Å². The molecule has 3 nitrogen and oxygen atoms in total. The maximum absolute atomic E-state index is 13.9. The van der Waals surface area contributed by atoms with Gasteiger partial charge in [-0.1, -0.05) is 6.92 Å². The van der Waals surface area contributed by atoms with Crippen molar-refractivity contribution in [2.45, 2.75) is 38.6 Å². The van der Waals surface area contributed by atoms with E-state index in [1.165, 1.54) is 4.90 Å². The van der Waals surface area contributed by atoms with E-state index < -0.39 is 28.9 Å². The molecular weight excluding hydrogens is 337 g/mol. The van der Waals surface area contributed by atoms with Crippen LogP contribution in [0.2, 0.25) is 0 Å². The molecule has 0 saturated carbocycles. The summed E-state index contributed by atoms with van der Waals surface area (Å²) in [6.45, 7) is 2.02. The highest BCUT2D eigenvalue weighted by atomic mass is 32.1. The fourth-order valence-electron chi connectivity index (χ4n) is 2.99. The van der Waals surface area contributed by atoms with E-state index >= 15 is 0 Å². The van der Waals surface area contributed by atoms with Crippen LogP contribution in [0.1, 0.15) is 51.7 Å². The summed E-state index contributed by atoms with van der Waals surface area (Å²) in [4.78, 5) is 19.6. The van der Waals surface area contributed by atoms with Crippen molar-refractivity contribution in [2.24, 2.45) is 0 Å². The minimum Gasteiger partial charge on any atom is -0.334 e. The maximum atomic E-state index is 13.9. The zero-order valence-corrected chi connectivity index (χ0v) is 14.2. The lowest BCUT2D eigenvalue weighted by Crippen LogP contribution is -2.33. The van der Waals surface area contributed by atoms with E-state index in [2.05, 4.69) is 4.98 Å². The average molecular weight is 354 g/mol. The number of fused-ring (bicyclic) bond motifs is 1. The van der Waals surface area contributed by atoms with Gasteiger partial charge in [-0.25, -0.2) is 18.2 Å². The number of thiazole rings is 1. The second-order valence-corrected chi connectivity index (χ2v) is 6.96. The molecule has 3 rings (SSSR count). The summed E-state index contributed by atoms with van der Waals surface area (Å²) in [7, 11) is 1.56. The Kier molecular flexibility index (Phi) is 4.62. The smallest absolute Gasteiger partial charge is 0.257 e. The van der Waals surface area contributed by atoms with Gasteiger partial charge in [-0.2, -0.15) is 0 Å². The lowest BCUT2D eigenvalue weighted by atomic mass is 9.96. The monoisotopic (exact) mass is 354 g/mol. The van der Waals surface area contributed by atoms with Gasteiger partial charge < -0.3 is 4.90 Å². The number of rotatable bonds is 3. The number of nitrogens with zero attached hydrogens (tertiary/aromatic N) is 2. The molecule has 1 aliphatic carbocycles. The van der Waals surface area contributed by atoms with Gasteiger partial charge in [-0.3, -0.25) is 4.79 Å². The van der Waals surface area contributed by atoms with Crippen molar-refractivity contribution >= 4 is 17.2 Å². The third-order valence-corrected chi connectivity index (χ3v) is 5.64. The molecular formula is C17H17F3N2OS. The molecule has 7 heteroatoms. The van der Waals surface area contributed by atoms with E-state index in [1.807, 2.05) is 6.92 Å². The number of hydrogen-bond donors (Lipinski definition) is 0. The number of carbonyl (C=O) groups excluding carboxylic acids is 1. The zero-order chi connectivity index (χ0) is 17.4. The van der Waals surface area contributed by atoms with Crippen LogP contribution in [0.25, 0.3) is 0 Å². The normalized spacial score (nSPS) is 16.8. The Morgan fingerprint density at radius 2 is 2.00 bits per heavy atom. The molecule has 0 aliphatic heterocycles. The van der Waals surface area contributed by atoms with Crippen LogP contribution in [0.4, 0.5) is 13.2 Å². The predicted octanol–water partition coefficient (Wildman–Crippen LogP) is 4.27. The maximum Gasteiger partial charge on any atom is 0.257 e. The molecule has 1 heterocycles. The molecule has 1 atom stereocenters. The largest absolute Gasteiger partial charge is 0.334 e. The average Bonchev–Trinajstić information content (AvgIpc) is 3.00. The Morgan fingerprint density at radius 1 is 1.29 bits per heavy atom. The number of aromatic nitrogens is 1. The molecule has 24 heavy (non-hydrogen) atoms. The van der Waals surface area contributed by atoms with Gasteiger partial charge in [0.2, 0.25) is 0 Å². The lowest BCUT2D eigenvalue weighted by Gasteiger charge is -2.30. The molecule has 1 aliphatic rings. The molecule has 0 saturated heterocycles. The zero-order valence-electron chi connectivity index (χ0n) is 13.4. The van der Waals surface area contributed by atoms with Gasteiger partial charge in [-0.05, 0) is 31.7 Å². The van der Waals surface area contributed by atoms with Gasteiger partial charge in [0, 0.05) is 13.1 Å². The lowest BCUT2D eigenvalue weighted by molar-refractivity contribution is 0.0712. The van der Waals surface area contributed by atoms with Crippen molar-refractivity contribution in [3.8, 4) is 0 Å². The van der Waals surface area contributed by atoms with Crippen molar-refractivity contribution in [1.29, 1.82) is 0 Å². The van der Waals surface area contributed by atoms with E-state index in [9.17, 15) is 18.0 Å². The van der Waals surface area contributed by atoms with Crippen molar-refractivity contribution in [2.75, 3.05) is 7.05 Å². The Labute approximate surface area is 142 Å². The SMILES string of the molecule is CCc1nc2c(s1)[C@@H](N(C)C(=O)c1cc(F)c(F)cc1F)CCC2. The molecule has 1 aromatic heterocycles. The van der Waals surface area contributed by atoms with Gasteiger partial charge in [0.05, 0.1) is 27.2 Å². The minimum atomic E-state index is -1.30. The van der Waals surface area contributed by atoms with Crippen LogP contribution >= 0.6 is 11.3 Å². The summed E-state index contributed by atoms with van der Waals surface area (Å²) in [6, 6.07) is 0.814. The molecule has 0 fully saturated rings. The minimum absolute atomic E-state index is 0.216. The summed E-state index contributed by atoms with van der Waals surface area (Å²) in [5.41, 5.74) is 0.530. The first-order valence-corrected chi connectivity index (χ1v) is 8.64. The van der Waals surface area contributed by atoms with Crippen LogP contribution < -0.4 is 0 Å². The number of benzene rings is 1. The van der Waals surface area contributed by atoms with Gasteiger partial charge in [0.1, 0.15) is 5.82 Å². The summed E-state index contributed by atoms with van der Waals surface area (Å²) in [6.07, 6.45) is 3.30. The van der Waals surface area contributed by atoms with Crippen molar-refractivity contribution in [1.82, 2.24) is 9.88 Å². The van der Waals surface area contributed by atoms with Crippen LogP contribution in [-0.4, -0.2) is 22.8 Å². The molecule has 2 aromatic rings. The molecule has 1 aromatic carbocycles. The molecule has 1 amide bonds. The standard InChI is InChI=1S/C17H17F3N2OS/c1-3-15-21-13-5-4-6-14(16(13)24-15)22(2)17(23)9-7-11(19)12(20)8-10(9)18/h7-8,14H,3-6H2,1-2H3/t14-/m0/s1. The molecule has 0 N–H and O–H groups in total. The summed E-state index contributed by atoms with van der Waals surface area (Å²) < 4.78 is 40.4. The van der Waals surface area contributed by atoms with E-state index in [-0.39, 0.29) is 6.04 Å². The van der Waals surface area contributed by atoms with E-state index in [0.717, 1.165) is 41.3 Å². The van der Waals surface area contributed by atoms with Crippen LogP contribution in [0, 0.1) is 17.5 Å². The first kappa shape index (κ1) is 17.0. The fraction of sp³-hybridized carbons (Fsp3) is 0.412.